The zero-order chi connectivity index (χ0) is 18.4. The number of carbonyl (C=O) groups excluding carboxylic acids is 1. The molecule has 1 amide bonds. The van der Waals surface area contributed by atoms with Gasteiger partial charge in [0.1, 0.15) is 0 Å². The molecule has 0 spiro atoms. The van der Waals surface area contributed by atoms with Crippen molar-refractivity contribution in [2.75, 3.05) is 7.11 Å². The van der Waals surface area contributed by atoms with Gasteiger partial charge in [0.15, 0.2) is 0 Å². The predicted molar refractivity (Wildman–Crippen MR) is 98.7 cm³/mol. The summed E-state index contributed by atoms with van der Waals surface area (Å²) in [5.41, 5.74) is 3.84. The lowest BCUT2D eigenvalue weighted by molar-refractivity contribution is 0.0939. The SMILES string of the molecule is CC[C@@H](C)NC(=O)c1ccc(CNCc2c(C)nn(C)c2OC)cc1. The normalized spacial score (nSPS) is 12.0. The van der Waals surface area contributed by atoms with Crippen LogP contribution in [0, 0.1) is 6.92 Å². The standard InChI is InChI=1S/C19H28N4O2/c1-6-13(2)21-18(24)16-9-7-15(8-10-16)11-20-12-17-14(3)22-23(4)19(17)25-5/h7-10,13,20H,6,11-12H2,1-5H3,(H,21,24)/t13-/m1/s1. The fraction of sp³-hybridized carbons (Fsp3) is 0.474. The third-order valence-corrected chi connectivity index (χ3v) is 4.32. The summed E-state index contributed by atoms with van der Waals surface area (Å²) in [6, 6.07) is 7.87. The van der Waals surface area contributed by atoms with Crippen LogP contribution in [0.5, 0.6) is 5.88 Å². The Labute approximate surface area is 149 Å². The summed E-state index contributed by atoms with van der Waals surface area (Å²) in [5, 5.41) is 10.8. The van der Waals surface area contributed by atoms with Gasteiger partial charge >= 0.3 is 0 Å². The van der Waals surface area contributed by atoms with Crippen molar-refractivity contribution in [3.63, 3.8) is 0 Å². The molecular weight excluding hydrogens is 316 g/mol. The first kappa shape index (κ1) is 19.0. The minimum atomic E-state index is -0.0235. The summed E-state index contributed by atoms with van der Waals surface area (Å²) in [6.07, 6.45) is 0.922. The molecule has 1 heterocycles. The maximum Gasteiger partial charge on any atom is 0.251 e. The lowest BCUT2D eigenvalue weighted by atomic mass is 10.1. The first-order valence-electron chi connectivity index (χ1n) is 8.63. The summed E-state index contributed by atoms with van der Waals surface area (Å²) >= 11 is 0. The third kappa shape index (κ3) is 4.82. The number of rotatable bonds is 8. The van der Waals surface area contributed by atoms with Gasteiger partial charge in [-0.25, -0.2) is 4.68 Å². The van der Waals surface area contributed by atoms with E-state index in [9.17, 15) is 4.79 Å². The van der Waals surface area contributed by atoms with Crippen LogP contribution >= 0.6 is 0 Å². The molecule has 136 valence electrons. The molecule has 0 fully saturated rings. The summed E-state index contributed by atoms with van der Waals surface area (Å²) in [5.74, 6) is 0.756. The summed E-state index contributed by atoms with van der Waals surface area (Å²) in [4.78, 5) is 12.1. The van der Waals surface area contributed by atoms with Gasteiger partial charge in [-0.2, -0.15) is 5.10 Å². The number of hydrogen-bond acceptors (Lipinski definition) is 4. The minimum absolute atomic E-state index is 0.0235. The number of nitrogens with zero attached hydrogens (tertiary/aromatic N) is 2. The highest BCUT2D eigenvalue weighted by atomic mass is 16.5. The Bertz CT molecular complexity index is 707. The Hall–Kier alpha value is -2.34. The predicted octanol–water partition coefficient (Wildman–Crippen LogP) is 2.56. The monoisotopic (exact) mass is 344 g/mol. The molecule has 2 aromatic rings. The number of nitrogens with one attached hydrogen (secondary N) is 2. The molecule has 25 heavy (non-hydrogen) atoms. The van der Waals surface area contributed by atoms with Gasteiger partial charge in [0, 0.05) is 31.7 Å². The first-order valence-corrected chi connectivity index (χ1v) is 8.63. The van der Waals surface area contributed by atoms with Crippen LogP contribution in [0.1, 0.15) is 47.4 Å². The highest BCUT2D eigenvalue weighted by molar-refractivity contribution is 5.94. The van der Waals surface area contributed by atoms with E-state index in [1.54, 1.807) is 11.8 Å². The number of aromatic nitrogens is 2. The van der Waals surface area contributed by atoms with E-state index in [1.807, 2.05) is 45.2 Å². The molecule has 0 unspecified atom stereocenters. The number of carbonyl (C=O) groups is 1. The second-order valence-corrected chi connectivity index (χ2v) is 6.28. The van der Waals surface area contributed by atoms with Gasteiger partial charge in [0.05, 0.1) is 18.4 Å². The molecule has 6 heteroatoms. The van der Waals surface area contributed by atoms with Crippen LogP contribution in [0.2, 0.25) is 0 Å². The first-order chi connectivity index (χ1) is 12.0. The fourth-order valence-electron chi connectivity index (χ4n) is 2.65. The smallest absolute Gasteiger partial charge is 0.251 e. The van der Waals surface area contributed by atoms with E-state index in [0.29, 0.717) is 18.7 Å². The van der Waals surface area contributed by atoms with Crippen molar-refractivity contribution in [3.8, 4) is 5.88 Å². The van der Waals surface area contributed by atoms with Crippen molar-refractivity contribution >= 4 is 5.91 Å². The maximum absolute atomic E-state index is 12.1. The molecule has 0 aliphatic heterocycles. The highest BCUT2D eigenvalue weighted by Gasteiger charge is 2.13. The Morgan fingerprint density at radius 1 is 1.28 bits per heavy atom. The van der Waals surface area contributed by atoms with Gasteiger partial charge in [-0.3, -0.25) is 4.79 Å². The van der Waals surface area contributed by atoms with Crippen molar-refractivity contribution in [2.24, 2.45) is 7.05 Å². The van der Waals surface area contributed by atoms with Crippen molar-refractivity contribution in [1.29, 1.82) is 0 Å². The van der Waals surface area contributed by atoms with E-state index in [2.05, 4.69) is 22.7 Å². The zero-order valence-corrected chi connectivity index (χ0v) is 15.7. The van der Waals surface area contributed by atoms with Crippen LogP contribution in [0.4, 0.5) is 0 Å². The van der Waals surface area contributed by atoms with E-state index in [0.717, 1.165) is 29.1 Å². The van der Waals surface area contributed by atoms with Crippen molar-refractivity contribution < 1.29 is 9.53 Å². The maximum atomic E-state index is 12.1. The molecular formula is C19H28N4O2. The van der Waals surface area contributed by atoms with Crippen LogP contribution in [0.3, 0.4) is 0 Å². The van der Waals surface area contributed by atoms with Gasteiger partial charge in [-0.05, 0) is 38.0 Å². The average molecular weight is 344 g/mol. The third-order valence-electron chi connectivity index (χ3n) is 4.32. The molecule has 2 rings (SSSR count). The second-order valence-electron chi connectivity index (χ2n) is 6.28. The van der Waals surface area contributed by atoms with Crippen LogP contribution < -0.4 is 15.4 Å². The molecule has 6 nitrogen and oxygen atoms in total. The molecule has 0 saturated heterocycles. The molecule has 1 aromatic carbocycles. The van der Waals surface area contributed by atoms with Gasteiger partial charge < -0.3 is 15.4 Å². The Morgan fingerprint density at radius 3 is 2.56 bits per heavy atom. The van der Waals surface area contributed by atoms with Gasteiger partial charge in [0.25, 0.3) is 5.91 Å². The van der Waals surface area contributed by atoms with Crippen LogP contribution in [0.15, 0.2) is 24.3 Å². The number of amides is 1. The van der Waals surface area contributed by atoms with E-state index in [1.165, 1.54) is 0 Å². The van der Waals surface area contributed by atoms with Crippen LogP contribution in [-0.4, -0.2) is 28.8 Å². The summed E-state index contributed by atoms with van der Waals surface area (Å²) in [7, 11) is 3.53. The Morgan fingerprint density at radius 2 is 1.96 bits per heavy atom. The number of methoxy groups -OCH3 is 1. The number of benzene rings is 1. The van der Waals surface area contributed by atoms with Crippen molar-refractivity contribution in [2.45, 2.75) is 46.3 Å². The van der Waals surface area contributed by atoms with Crippen LogP contribution in [-0.2, 0) is 20.1 Å². The highest BCUT2D eigenvalue weighted by Crippen LogP contribution is 2.20. The average Bonchev–Trinajstić information content (AvgIpc) is 2.88. The Balaban J connectivity index is 1.91. The molecule has 0 bridgehead atoms. The Kier molecular flexibility index (Phi) is 6.58. The van der Waals surface area contributed by atoms with Crippen molar-refractivity contribution in [1.82, 2.24) is 20.4 Å². The van der Waals surface area contributed by atoms with Crippen molar-refractivity contribution in [3.05, 3.63) is 46.6 Å². The van der Waals surface area contributed by atoms with Gasteiger partial charge in [-0.1, -0.05) is 19.1 Å². The molecule has 0 aliphatic carbocycles. The summed E-state index contributed by atoms with van der Waals surface area (Å²) in [6.45, 7) is 7.43. The van der Waals surface area contributed by atoms with E-state index < -0.39 is 0 Å². The zero-order valence-electron chi connectivity index (χ0n) is 15.7. The topological polar surface area (TPSA) is 68.2 Å². The second kappa shape index (κ2) is 8.67. The molecule has 0 aliphatic rings. The molecule has 2 N–H and O–H groups in total. The summed E-state index contributed by atoms with van der Waals surface area (Å²) < 4.78 is 7.15. The largest absolute Gasteiger partial charge is 0.481 e. The molecule has 1 aromatic heterocycles. The van der Waals surface area contributed by atoms with E-state index >= 15 is 0 Å². The van der Waals surface area contributed by atoms with E-state index in [4.69, 9.17) is 4.74 Å². The fourth-order valence-corrected chi connectivity index (χ4v) is 2.65. The number of ether oxygens (including phenoxy) is 1. The molecule has 0 radical (unpaired) electrons. The minimum Gasteiger partial charge on any atom is -0.481 e. The molecule has 0 saturated carbocycles. The lowest BCUT2D eigenvalue weighted by Gasteiger charge is -2.12. The number of aryl methyl sites for hydroxylation is 2. The van der Waals surface area contributed by atoms with Gasteiger partial charge in [-0.15, -0.1) is 0 Å². The molecule has 1 atom stereocenters. The lowest BCUT2D eigenvalue weighted by Crippen LogP contribution is -2.31. The quantitative estimate of drug-likeness (QED) is 0.772. The van der Waals surface area contributed by atoms with Crippen LogP contribution in [0.25, 0.3) is 0 Å². The van der Waals surface area contributed by atoms with Gasteiger partial charge in [0.2, 0.25) is 5.88 Å². The van der Waals surface area contributed by atoms with E-state index in [-0.39, 0.29) is 11.9 Å². The number of hydrogen-bond donors (Lipinski definition) is 2.